The summed E-state index contributed by atoms with van der Waals surface area (Å²) in [5.41, 5.74) is 1.20. The molecule has 0 radical (unpaired) electrons. The van der Waals surface area contributed by atoms with Crippen molar-refractivity contribution in [2.75, 3.05) is 18.1 Å². The number of pyridine rings is 1. The first kappa shape index (κ1) is 15.5. The Bertz CT molecular complexity index is 403. The van der Waals surface area contributed by atoms with Crippen LogP contribution in [0.3, 0.4) is 0 Å². The summed E-state index contributed by atoms with van der Waals surface area (Å²) in [6, 6.07) is 2.52. The van der Waals surface area contributed by atoms with E-state index < -0.39 is 0 Å². The van der Waals surface area contributed by atoms with E-state index >= 15 is 0 Å². The lowest BCUT2D eigenvalue weighted by Gasteiger charge is -2.35. The molecule has 1 fully saturated rings. The van der Waals surface area contributed by atoms with Crippen molar-refractivity contribution < 1.29 is 0 Å². The number of hydrogen-bond donors (Lipinski definition) is 1. The quantitative estimate of drug-likeness (QED) is 0.899. The number of thioether (sulfide) groups is 2. The second-order valence-electron chi connectivity index (χ2n) is 4.75. The van der Waals surface area contributed by atoms with E-state index in [1.807, 2.05) is 12.3 Å². The molecular formula is C14H21ClN2S2. The zero-order valence-corrected chi connectivity index (χ0v) is 13.8. The van der Waals surface area contributed by atoms with Gasteiger partial charge in [0.05, 0.1) is 5.02 Å². The van der Waals surface area contributed by atoms with Gasteiger partial charge in [-0.05, 0) is 24.6 Å². The molecule has 0 spiro atoms. The average Bonchev–Trinajstić information content (AvgIpc) is 2.41. The van der Waals surface area contributed by atoms with Gasteiger partial charge in [-0.3, -0.25) is 4.98 Å². The molecule has 3 atom stereocenters. The zero-order chi connectivity index (χ0) is 13.7. The highest BCUT2D eigenvalue weighted by molar-refractivity contribution is 8.07. The fourth-order valence-corrected chi connectivity index (χ4v) is 5.62. The van der Waals surface area contributed by atoms with Crippen LogP contribution >= 0.6 is 35.1 Å². The van der Waals surface area contributed by atoms with Gasteiger partial charge in [-0.15, -0.1) is 0 Å². The van der Waals surface area contributed by atoms with Crippen LogP contribution in [0.2, 0.25) is 5.02 Å². The normalized spacial score (nSPS) is 25.2. The Morgan fingerprint density at radius 1 is 1.47 bits per heavy atom. The molecule has 0 aliphatic carbocycles. The van der Waals surface area contributed by atoms with E-state index in [1.165, 1.54) is 17.1 Å². The van der Waals surface area contributed by atoms with Crippen LogP contribution in [0.15, 0.2) is 18.5 Å². The van der Waals surface area contributed by atoms with Crippen LogP contribution in [0, 0.1) is 0 Å². The minimum Gasteiger partial charge on any atom is -0.313 e. The van der Waals surface area contributed by atoms with Gasteiger partial charge in [0, 0.05) is 40.4 Å². The Labute approximate surface area is 129 Å². The Hall–Kier alpha value is 0.1000. The first-order valence-electron chi connectivity index (χ1n) is 6.77. The van der Waals surface area contributed by atoms with E-state index in [9.17, 15) is 0 Å². The average molecular weight is 317 g/mol. The molecule has 3 unspecified atom stereocenters. The maximum atomic E-state index is 6.24. The molecule has 1 aliphatic heterocycles. The van der Waals surface area contributed by atoms with Crippen molar-refractivity contribution in [1.29, 1.82) is 0 Å². The van der Waals surface area contributed by atoms with Crippen molar-refractivity contribution in [2.45, 2.75) is 36.8 Å². The summed E-state index contributed by atoms with van der Waals surface area (Å²) >= 11 is 10.4. The summed E-state index contributed by atoms with van der Waals surface area (Å²) in [4.78, 5) is 4.06. The van der Waals surface area contributed by atoms with E-state index in [1.54, 1.807) is 6.20 Å². The highest BCUT2D eigenvalue weighted by atomic mass is 35.5. The molecule has 1 aliphatic rings. The molecule has 2 nitrogen and oxygen atoms in total. The Morgan fingerprint density at radius 2 is 2.26 bits per heavy atom. The molecule has 0 aromatic carbocycles. The summed E-state index contributed by atoms with van der Waals surface area (Å²) in [6.45, 7) is 5.52. The van der Waals surface area contributed by atoms with Crippen molar-refractivity contribution in [3.63, 3.8) is 0 Å². The van der Waals surface area contributed by atoms with E-state index in [2.05, 4.69) is 47.7 Å². The smallest absolute Gasteiger partial charge is 0.0621 e. The van der Waals surface area contributed by atoms with Crippen LogP contribution in [-0.4, -0.2) is 39.6 Å². The Morgan fingerprint density at radius 3 is 2.95 bits per heavy atom. The van der Waals surface area contributed by atoms with Gasteiger partial charge < -0.3 is 5.32 Å². The van der Waals surface area contributed by atoms with Crippen LogP contribution < -0.4 is 5.32 Å². The standard InChI is InChI=1S/C14H21ClN2S2/c1-3-17-13(14-10(2)18-6-7-19-14)8-11-4-5-16-9-12(11)15/h4-5,9-10,13-14,17H,3,6-8H2,1-2H3. The van der Waals surface area contributed by atoms with E-state index in [4.69, 9.17) is 11.6 Å². The number of hydrogen-bond acceptors (Lipinski definition) is 4. The third-order valence-electron chi connectivity index (χ3n) is 3.40. The van der Waals surface area contributed by atoms with Crippen LogP contribution in [0.25, 0.3) is 0 Å². The number of aromatic nitrogens is 1. The summed E-state index contributed by atoms with van der Waals surface area (Å²) < 4.78 is 0. The van der Waals surface area contributed by atoms with Crippen molar-refractivity contribution in [3.05, 3.63) is 29.0 Å². The van der Waals surface area contributed by atoms with E-state index in [0.29, 0.717) is 16.5 Å². The van der Waals surface area contributed by atoms with Crippen LogP contribution in [0.5, 0.6) is 0 Å². The summed E-state index contributed by atoms with van der Waals surface area (Å²) in [5.74, 6) is 2.53. The highest BCUT2D eigenvalue weighted by Crippen LogP contribution is 2.34. The summed E-state index contributed by atoms with van der Waals surface area (Å²) in [7, 11) is 0. The second-order valence-corrected chi connectivity index (χ2v) is 7.92. The maximum Gasteiger partial charge on any atom is 0.0621 e. The lowest BCUT2D eigenvalue weighted by molar-refractivity contribution is 0.501. The molecule has 1 N–H and O–H groups in total. The van der Waals surface area contributed by atoms with Gasteiger partial charge in [0.25, 0.3) is 0 Å². The third-order valence-corrected chi connectivity index (χ3v) is 6.99. The SMILES string of the molecule is CCNC(Cc1ccncc1Cl)C1SCCSC1C. The number of halogens is 1. The number of nitrogens with zero attached hydrogens (tertiary/aromatic N) is 1. The molecule has 1 aromatic heterocycles. The Kier molecular flexibility index (Phi) is 6.33. The number of nitrogens with one attached hydrogen (secondary N) is 1. The predicted molar refractivity (Wildman–Crippen MR) is 88.6 cm³/mol. The molecule has 1 aromatic rings. The molecule has 2 heterocycles. The molecular weight excluding hydrogens is 296 g/mol. The molecule has 0 amide bonds. The number of likely N-dealkylation sites (N-methyl/N-ethyl adjacent to an activating group) is 1. The van der Waals surface area contributed by atoms with Crippen LogP contribution in [0.1, 0.15) is 19.4 Å². The van der Waals surface area contributed by atoms with Gasteiger partial charge in [0.15, 0.2) is 0 Å². The largest absolute Gasteiger partial charge is 0.313 e. The first-order valence-corrected chi connectivity index (χ1v) is 9.25. The molecule has 0 bridgehead atoms. The fraction of sp³-hybridized carbons (Fsp3) is 0.643. The molecule has 5 heteroatoms. The minimum absolute atomic E-state index is 0.484. The first-order chi connectivity index (χ1) is 9.22. The van der Waals surface area contributed by atoms with Gasteiger partial charge in [-0.1, -0.05) is 25.4 Å². The molecule has 1 saturated heterocycles. The lowest BCUT2D eigenvalue weighted by atomic mass is 10.0. The highest BCUT2D eigenvalue weighted by Gasteiger charge is 2.30. The monoisotopic (exact) mass is 316 g/mol. The van der Waals surface area contributed by atoms with Crippen molar-refractivity contribution in [1.82, 2.24) is 10.3 Å². The predicted octanol–water partition coefficient (Wildman–Crippen LogP) is 3.49. The molecule has 19 heavy (non-hydrogen) atoms. The van der Waals surface area contributed by atoms with Gasteiger partial charge in [-0.25, -0.2) is 0 Å². The van der Waals surface area contributed by atoms with E-state index in [0.717, 1.165) is 18.0 Å². The molecule has 106 valence electrons. The van der Waals surface area contributed by atoms with Gasteiger partial charge >= 0.3 is 0 Å². The van der Waals surface area contributed by atoms with Gasteiger partial charge in [0.1, 0.15) is 0 Å². The van der Waals surface area contributed by atoms with Gasteiger partial charge in [0.2, 0.25) is 0 Å². The topological polar surface area (TPSA) is 24.9 Å². The minimum atomic E-state index is 0.484. The Balaban J connectivity index is 2.09. The van der Waals surface area contributed by atoms with Gasteiger partial charge in [-0.2, -0.15) is 23.5 Å². The molecule has 0 saturated carbocycles. The second kappa shape index (κ2) is 7.77. The summed E-state index contributed by atoms with van der Waals surface area (Å²) in [5, 5.41) is 5.78. The number of rotatable bonds is 5. The van der Waals surface area contributed by atoms with Crippen LogP contribution in [-0.2, 0) is 6.42 Å². The van der Waals surface area contributed by atoms with E-state index in [-0.39, 0.29) is 0 Å². The maximum absolute atomic E-state index is 6.24. The van der Waals surface area contributed by atoms with Crippen LogP contribution in [0.4, 0.5) is 0 Å². The molecule has 2 rings (SSSR count). The zero-order valence-electron chi connectivity index (χ0n) is 11.4. The van der Waals surface area contributed by atoms with Crippen molar-refractivity contribution in [2.24, 2.45) is 0 Å². The van der Waals surface area contributed by atoms with Crippen molar-refractivity contribution >= 4 is 35.1 Å². The fourth-order valence-electron chi connectivity index (χ4n) is 2.46. The lowest BCUT2D eigenvalue weighted by Crippen LogP contribution is -2.45. The third kappa shape index (κ3) is 4.28. The summed E-state index contributed by atoms with van der Waals surface area (Å²) in [6.07, 6.45) is 4.56. The van der Waals surface area contributed by atoms with Crippen molar-refractivity contribution in [3.8, 4) is 0 Å².